The van der Waals surface area contributed by atoms with Gasteiger partial charge in [-0.05, 0) is 26.0 Å². The predicted octanol–water partition coefficient (Wildman–Crippen LogP) is 2.55. The minimum atomic E-state index is -0.448. The zero-order valence-electron chi connectivity index (χ0n) is 10.9. The van der Waals surface area contributed by atoms with Crippen LogP contribution in [0.3, 0.4) is 0 Å². The Kier molecular flexibility index (Phi) is 2.59. The summed E-state index contributed by atoms with van der Waals surface area (Å²) in [4.78, 5) is 6.58. The third kappa shape index (κ3) is 1.63. The number of hydrogen-bond acceptors (Lipinski definition) is 4. The van der Waals surface area contributed by atoms with Crippen molar-refractivity contribution in [1.29, 1.82) is 0 Å². The molecule has 18 heavy (non-hydrogen) atoms. The third-order valence-electron chi connectivity index (χ3n) is 3.87. The smallest absolute Gasteiger partial charge is 0.140 e. The molecule has 0 N–H and O–H groups in total. The molecule has 5 heteroatoms. The Labute approximate surface area is 112 Å². The topological polar surface area (TPSA) is 34.6 Å². The van der Waals surface area contributed by atoms with Crippen LogP contribution in [0.5, 0.6) is 0 Å². The first-order valence-electron chi connectivity index (χ1n) is 6.13. The van der Waals surface area contributed by atoms with E-state index in [0.29, 0.717) is 18.4 Å². The van der Waals surface area contributed by atoms with Crippen molar-refractivity contribution in [2.24, 2.45) is 0 Å². The number of pyridine rings is 1. The minimum Gasteiger partial charge on any atom is -0.378 e. The van der Waals surface area contributed by atoms with E-state index in [9.17, 15) is 0 Å². The summed E-state index contributed by atoms with van der Waals surface area (Å²) in [7, 11) is 2.01. The Hall–Kier alpha value is -0.840. The lowest BCUT2D eigenvalue weighted by molar-refractivity contribution is -0.156. The first kappa shape index (κ1) is 12.2. The highest BCUT2D eigenvalue weighted by Crippen LogP contribution is 2.47. The molecule has 1 aromatic rings. The lowest BCUT2D eigenvalue weighted by atomic mass is 9.92. The summed E-state index contributed by atoms with van der Waals surface area (Å²) >= 11 is 6.03. The molecule has 1 atom stereocenters. The average Bonchev–Trinajstić information content (AvgIpc) is 2.75. The summed E-state index contributed by atoms with van der Waals surface area (Å²) in [5, 5.41) is 0.497. The van der Waals surface area contributed by atoms with Crippen LogP contribution in [0.4, 0.5) is 5.69 Å². The molecule has 0 aliphatic carbocycles. The van der Waals surface area contributed by atoms with Crippen LogP contribution in [0.1, 0.15) is 26.0 Å². The molecule has 0 radical (unpaired) electrons. The van der Waals surface area contributed by atoms with Crippen molar-refractivity contribution in [2.45, 2.75) is 31.6 Å². The van der Waals surface area contributed by atoms with Crippen molar-refractivity contribution < 1.29 is 9.47 Å². The molecule has 0 bridgehead atoms. The van der Waals surface area contributed by atoms with Crippen LogP contribution in [0.2, 0.25) is 5.15 Å². The van der Waals surface area contributed by atoms with Gasteiger partial charge in [0.2, 0.25) is 0 Å². The molecule has 1 aromatic heterocycles. The molecule has 1 saturated heterocycles. The van der Waals surface area contributed by atoms with Crippen LogP contribution in [-0.2, 0) is 15.1 Å². The van der Waals surface area contributed by atoms with Crippen molar-refractivity contribution >= 4 is 17.3 Å². The van der Waals surface area contributed by atoms with Crippen LogP contribution >= 0.6 is 11.6 Å². The molecule has 1 spiro atoms. The summed E-state index contributed by atoms with van der Waals surface area (Å²) < 4.78 is 11.8. The first-order chi connectivity index (χ1) is 8.45. The molecule has 98 valence electrons. The summed E-state index contributed by atoms with van der Waals surface area (Å²) in [5.74, 6) is 0. The summed E-state index contributed by atoms with van der Waals surface area (Å²) in [6.07, 6.45) is 0.824. The zero-order chi connectivity index (χ0) is 13.0. The Morgan fingerprint density at radius 1 is 1.39 bits per heavy atom. The van der Waals surface area contributed by atoms with E-state index in [2.05, 4.69) is 23.7 Å². The SMILES string of the molecule is CN1c2ccc(Cl)nc2C2(CCOC2)OC1(C)C. The van der Waals surface area contributed by atoms with E-state index in [1.165, 1.54) is 0 Å². The van der Waals surface area contributed by atoms with E-state index < -0.39 is 5.60 Å². The average molecular weight is 269 g/mol. The van der Waals surface area contributed by atoms with Gasteiger partial charge >= 0.3 is 0 Å². The maximum Gasteiger partial charge on any atom is 0.140 e. The van der Waals surface area contributed by atoms with Gasteiger partial charge in [-0.1, -0.05) is 11.6 Å². The Balaban J connectivity index is 2.19. The molecule has 1 unspecified atom stereocenters. The van der Waals surface area contributed by atoms with E-state index in [0.717, 1.165) is 17.8 Å². The lowest BCUT2D eigenvalue weighted by Crippen LogP contribution is -2.55. The standard InChI is InChI=1S/C13H17ClN2O2/c1-12(2)16(3)9-4-5-10(14)15-11(9)13(18-12)6-7-17-8-13/h4-5H,6-8H2,1-3H3. The van der Waals surface area contributed by atoms with Crippen LogP contribution in [0, 0.1) is 0 Å². The number of rotatable bonds is 0. The van der Waals surface area contributed by atoms with Gasteiger partial charge in [-0.25, -0.2) is 4.98 Å². The molecule has 0 amide bonds. The minimum absolute atomic E-state index is 0.379. The molecule has 0 saturated carbocycles. The predicted molar refractivity (Wildman–Crippen MR) is 69.9 cm³/mol. The maximum absolute atomic E-state index is 6.30. The molecule has 3 rings (SSSR count). The molecule has 4 nitrogen and oxygen atoms in total. The second kappa shape index (κ2) is 3.83. The number of fused-ring (bicyclic) bond motifs is 2. The Bertz CT molecular complexity index is 484. The van der Waals surface area contributed by atoms with Crippen LogP contribution in [0.15, 0.2) is 12.1 Å². The summed E-state index contributed by atoms with van der Waals surface area (Å²) in [5.41, 5.74) is 1.14. The largest absolute Gasteiger partial charge is 0.378 e. The fraction of sp³-hybridized carbons (Fsp3) is 0.615. The number of hydrogen-bond donors (Lipinski definition) is 0. The fourth-order valence-electron chi connectivity index (χ4n) is 2.73. The summed E-state index contributed by atoms with van der Waals surface area (Å²) in [6.45, 7) is 5.37. The van der Waals surface area contributed by atoms with Crippen molar-refractivity contribution in [3.8, 4) is 0 Å². The van der Waals surface area contributed by atoms with Crippen LogP contribution < -0.4 is 4.90 Å². The van der Waals surface area contributed by atoms with E-state index >= 15 is 0 Å². The maximum atomic E-state index is 6.30. The highest BCUT2D eigenvalue weighted by molar-refractivity contribution is 6.29. The number of halogens is 1. The quantitative estimate of drug-likeness (QED) is 0.678. The highest BCUT2D eigenvalue weighted by atomic mass is 35.5. The van der Waals surface area contributed by atoms with E-state index in [4.69, 9.17) is 21.1 Å². The van der Waals surface area contributed by atoms with E-state index in [-0.39, 0.29) is 5.72 Å². The number of nitrogens with zero attached hydrogens (tertiary/aromatic N) is 2. The molecular weight excluding hydrogens is 252 g/mol. The van der Waals surface area contributed by atoms with Crippen LogP contribution in [-0.4, -0.2) is 31.0 Å². The molecule has 0 aromatic carbocycles. The van der Waals surface area contributed by atoms with Gasteiger partial charge in [-0.15, -0.1) is 0 Å². The van der Waals surface area contributed by atoms with Crippen LogP contribution in [0.25, 0.3) is 0 Å². The van der Waals surface area contributed by atoms with E-state index in [1.54, 1.807) is 0 Å². The van der Waals surface area contributed by atoms with Crippen molar-refractivity contribution in [3.63, 3.8) is 0 Å². The normalized spacial score (nSPS) is 29.7. The van der Waals surface area contributed by atoms with Crippen molar-refractivity contribution in [2.75, 3.05) is 25.2 Å². The number of anilines is 1. The van der Waals surface area contributed by atoms with Gasteiger partial charge in [-0.3, -0.25) is 0 Å². The second-order valence-corrected chi connectivity index (χ2v) is 5.79. The molecule has 2 aliphatic heterocycles. The number of ether oxygens (including phenoxy) is 2. The van der Waals surface area contributed by atoms with E-state index in [1.807, 2.05) is 19.2 Å². The second-order valence-electron chi connectivity index (χ2n) is 5.41. The van der Waals surface area contributed by atoms with Crippen molar-refractivity contribution in [1.82, 2.24) is 4.98 Å². The molecule has 3 heterocycles. The lowest BCUT2D eigenvalue weighted by Gasteiger charge is -2.49. The number of aromatic nitrogens is 1. The van der Waals surface area contributed by atoms with Gasteiger partial charge in [0.05, 0.1) is 18.0 Å². The zero-order valence-corrected chi connectivity index (χ0v) is 11.6. The molecule has 1 fully saturated rings. The molecule has 2 aliphatic rings. The van der Waals surface area contributed by atoms with Gasteiger partial charge in [0, 0.05) is 20.1 Å². The summed E-state index contributed by atoms with van der Waals surface area (Å²) in [6, 6.07) is 3.83. The monoisotopic (exact) mass is 268 g/mol. The third-order valence-corrected chi connectivity index (χ3v) is 4.08. The fourth-order valence-corrected chi connectivity index (χ4v) is 2.88. The van der Waals surface area contributed by atoms with Gasteiger partial charge in [-0.2, -0.15) is 0 Å². The van der Waals surface area contributed by atoms with Crippen molar-refractivity contribution in [3.05, 3.63) is 23.0 Å². The molecular formula is C13H17ClN2O2. The van der Waals surface area contributed by atoms with Gasteiger partial charge in [0.1, 0.15) is 16.5 Å². The van der Waals surface area contributed by atoms with Gasteiger partial charge in [0.25, 0.3) is 0 Å². The Morgan fingerprint density at radius 2 is 2.17 bits per heavy atom. The van der Waals surface area contributed by atoms with Gasteiger partial charge < -0.3 is 14.4 Å². The van der Waals surface area contributed by atoms with Gasteiger partial charge in [0.15, 0.2) is 0 Å². The highest BCUT2D eigenvalue weighted by Gasteiger charge is 2.50. The first-order valence-corrected chi connectivity index (χ1v) is 6.51. The Morgan fingerprint density at radius 3 is 2.83 bits per heavy atom.